The van der Waals surface area contributed by atoms with E-state index in [4.69, 9.17) is 0 Å². The molecule has 0 heterocycles. The molecule has 0 spiro atoms. The Kier molecular flexibility index (Phi) is 1.64. The molecule has 1 amide bonds. The van der Waals surface area contributed by atoms with E-state index in [0.717, 1.165) is 6.42 Å². The molecule has 0 radical (unpaired) electrons. The van der Waals surface area contributed by atoms with Crippen LogP contribution in [0.15, 0.2) is 0 Å². The average Bonchev–Trinajstić information content (AvgIpc) is 1.60. The van der Waals surface area contributed by atoms with Crippen LogP contribution in [0.2, 0.25) is 0 Å². The standard InChI is InChI=1S/C5H7F2NO/c6-8(7)5(9)4-2-1-3-4/h4H,1-3H2. The van der Waals surface area contributed by atoms with Gasteiger partial charge in [0.2, 0.25) is 0 Å². The summed E-state index contributed by atoms with van der Waals surface area (Å²) < 4.78 is 22.8. The van der Waals surface area contributed by atoms with Crippen molar-refractivity contribution in [1.82, 2.24) is 5.34 Å². The first kappa shape index (κ1) is 6.45. The number of carbonyl (C=O) groups is 1. The second kappa shape index (κ2) is 2.29. The van der Waals surface area contributed by atoms with Gasteiger partial charge in [0.1, 0.15) is 0 Å². The Bertz CT molecular complexity index is 122. The Morgan fingerprint density at radius 2 is 2.00 bits per heavy atom. The SMILES string of the molecule is O=C(C1CCC1)N(F)F. The first-order valence-electron chi connectivity index (χ1n) is 2.87. The fourth-order valence-electron chi connectivity index (χ4n) is 0.793. The maximum Gasteiger partial charge on any atom is 0.286 e. The van der Waals surface area contributed by atoms with Gasteiger partial charge in [-0.2, -0.15) is 0 Å². The van der Waals surface area contributed by atoms with Crippen LogP contribution in [0.3, 0.4) is 0 Å². The molecule has 0 bridgehead atoms. The molecule has 0 saturated heterocycles. The van der Waals surface area contributed by atoms with E-state index in [1.165, 1.54) is 0 Å². The van der Waals surface area contributed by atoms with E-state index in [9.17, 15) is 13.8 Å². The lowest BCUT2D eigenvalue weighted by Gasteiger charge is -2.22. The third-order valence-corrected chi connectivity index (χ3v) is 1.62. The molecule has 0 aromatic heterocycles. The summed E-state index contributed by atoms with van der Waals surface area (Å²) in [4.78, 5) is 10.3. The fourth-order valence-corrected chi connectivity index (χ4v) is 0.793. The topological polar surface area (TPSA) is 20.3 Å². The van der Waals surface area contributed by atoms with Gasteiger partial charge in [-0.25, -0.2) is 0 Å². The van der Waals surface area contributed by atoms with Crippen molar-refractivity contribution in [3.05, 3.63) is 0 Å². The quantitative estimate of drug-likeness (QED) is 0.497. The van der Waals surface area contributed by atoms with Gasteiger partial charge in [0.25, 0.3) is 5.91 Å². The van der Waals surface area contributed by atoms with Crippen molar-refractivity contribution in [1.29, 1.82) is 0 Å². The normalized spacial score (nSPS) is 18.9. The van der Waals surface area contributed by atoms with Crippen LogP contribution in [-0.4, -0.2) is 11.3 Å². The van der Waals surface area contributed by atoms with Crippen LogP contribution in [-0.2, 0) is 4.79 Å². The smallest absolute Gasteiger partial charge is 0.269 e. The monoisotopic (exact) mass is 135 g/mol. The van der Waals surface area contributed by atoms with Crippen molar-refractivity contribution in [2.45, 2.75) is 19.3 Å². The summed E-state index contributed by atoms with van der Waals surface area (Å²) in [5, 5.41) is -1.32. The molecule has 4 heteroatoms. The minimum Gasteiger partial charge on any atom is -0.269 e. The van der Waals surface area contributed by atoms with E-state index in [0.29, 0.717) is 12.8 Å². The van der Waals surface area contributed by atoms with E-state index >= 15 is 0 Å². The Balaban J connectivity index is 2.32. The van der Waals surface area contributed by atoms with E-state index < -0.39 is 11.3 Å². The second-order valence-electron chi connectivity index (χ2n) is 2.20. The highest BCUT2D eigenvalue weighted by molar-refractivity contribution is 5.77. The third kappa shape index (κ3) is 1.17. The van der Waals surface area contributed by atoms with Crippen LogP contribution in [0, 0.1) is 5.92 Å². The van der Waals surface area contributed by atoms with Crippen LogP contribution in [0.1, 0.15) is 19.3 Å². The predicted molar refractivity (Wildman–Crippen MR) is 26.4 cm³/mol. The van der Waals surface area contributed by atoms with E-state index in [-0.39, 0.29) is 5.92 Å². The molecule has 0 aromatic rings. The van der Waals surface area contributed by atoms with Gasteiger partial charge < -0.3 is 0 Å². The fraction of sp³-hybridized carbons (Fsp3) is 0.800. The number of halogens is 2. The zero-order valence-corrected chi connectivity index (χ0v) is 4.81. The Hall–Kier alpha value is -0.670. The summed E-state index contributed by atoms with van der Waals surface area (Å²) in [6.45, 7) is 0. The molecule has 0 aliphatic heterocycles. The van der Waals surface area contributed by atoms with Crippen LogP contribution in [0.5, 0.6) is 0 Å². The van der Waals surface area contributed by atoms with Crippen molar-refractivity contribution in [3.63, 3.8) is 0 Å². The third-order valence-electron chi connectivity index (χ3n) is 1.62. The first-order chi connectivity index (χ1) is 4.22. The molecule has 52 valence electrons. The Morgan fingerprint density at radius 1 is 1.44 bits per heavy atom. The minimum atomic E-state index is -1.32. The van der Waals surface area contributed by atoms with Crippen molar-refractivity contribution in [2.24, 2.45) is 5.92 Å². The molecular formula is C5H7F2NO. The zero-order valence-electron chi connectivity index (χ0n) is 4.81. The molecule has 0 atom stereocenters. The Morgan fingerprint density at radius 3 is 2.11 bits per heavy atom. The number of carbonyl (C=O) groups excluding carboxylic acids is 1. The number of hydrogen-bond donors (Lipinski definition) is 0. The largest absolute Gasteiger partial charge is 0.286 e. The van der Waals surface area contributed by atoms with Crippen LogP contribution < -0.4 is 0 Å². The van der Waals surface area contributed by atoms with Crippen LogP contribution in [0.4, 0.5) is 8.96 Å². The lowest BCUT2D eigenvalue weighted by Crippen LogP contribution is -2.28. The molecule has 1 fully saturated rings. The molecule has 0 N–H and O–H groups in total. The summed E-state index contributed by atoms with van der Waals surface area (Å²) in [5.74, 6) is -1.42. The van der Waals surface area contributed by atoms with Gasteiger partial charge >= 0.3 is 0 Å². The highest BCUT2D eigenvalue weighted by atomic mass is 19.4. The molecule has 9 heavy (non-hydrogen) atoms. The molecule has 1 aliphatic rings. The van der Waals surface area contributed by atoms with Gasteiger partial charge in [0, 0.05) is 5.92 Å². The molecule has 0 unspecified atom stereocenters. The minimum absolute atomic E-state index is 0.389. The summed E-state index contributed by atoms with van der Waals surface area (Å²) in [5.41, 5.74) is 0. The van der Waals surface area contributed by atoms with E-state index in [1.807, 2.05) is 0 Å². The maximum atomic E-state index is 11.4. The van der Waals surface area contributed by atoms with Gasteiger partial charge in [-0.05, 0) is 18.2 Å². The molecule has 1 rings (SSSR count). The molecule has 0 aromatic carbocycles. The highest BCUT2D eigenvalue weighted by Gasteiger charge is 2.30. The van der Waals surface area contributed by atoms with Gasteiger partial charge in [-0.15, -0.1) is 0 Å². The maximum absolute atomic E-state index is 11.4. The summed E-state index contributed by atoms with van der Waals surface area (Å²) >= 11 is 0. The molecule has 1 aliphatic carbocycles. The number of hydrogen-bond acceptors (Lipinski definition) is 1. The first-order valence-corrected chi connectivity index (χ1v) is 2.87. The van der Waals surface area contributed by atoms with Gasteiger partial charge in [-0.1, -0.05) is 15.4 Å². The molecule has 1 saturated carbocycles. The van der Waals surface area contributed by atoms with Gasteiger partial charge in [0.15, 0.2) is 0 Å². The number of rotatable bonds is 1. The number of nitrogens with zero attached hydrogens (tertiary/aromatic N) is 1. The van der Waals surface area contributed by atoms with Gasteiger partial charge in [0.05, 0.1) is 0 Å². The molecular weight excluding hydrogens is 128 g/mol. The van der Waals surface area contributed by atoms with Crippen LogP contribution >= 0.6 is 0 Å². The summed E-state index contributed by atoms with van der Waals surface area (Å²) in [6.07, 6.45) is 2.16. The zero-order chi connectivity index (χ0) is 6.85. The highest BCUT2D eigenvalue weighted by Crippen LogP contribution is 2.28. The van der Waals surface area contributed by atoms with Crippen LogP contribution in [0.25, 0.3) is 0 Å². The van der Waals surface area contributed by atoms with Crippen molar-refractivity contribution in [3.8, 4) is 0 Å². The van der Waals surface area contributed by atoms with E-state index in [1.54, 1.807) is 0 Å². The van der Waals surface area contributed by atoms with Gasteiger partial charge in [-0.3, -0.25) is 4.79 Å². The number of amides is 1. The lowest BCUT2D eigenvalue weighted by atomic mass is 9.85. The van der Waals surface area contributed by atoms with E-state index in [2.05, 4.69) is 0 Å². The molecule has 2 nitrogen and oxygen atoms in total. The predicted octanol–water partition coefficient (Wildman–Crippen LogP) is 1.38. The average molecular weight is 135 g/mol. The summed E-state index contributed by atoms with van der Waals surface area (Å²) in [6, 6.07) is 0. The Labute approximate surface area is 51.3 Å². The van der Waals surface area contributed by atoms with Crippen molar-refractivity contribution >= 4 is 5.91 Å². The second-order valence-corrected chi connectivity index (χ2v) is 2.20. The van der Waals surface area contributed by atoms with Crippen molar-refractivity contribution < 1.29 is 13.8 Å². The lowest BCUT2D eigenvalue weighted by molar-refractivity contribution is -0.194. The summed E-state index contributed by atoms with van der Waals surface area (Å²) in [7, 11) is 0. The van der Waals surface area contributed by atoms with Crippen molar-refractivity contribution in [2.75, 3.05) is 0 Å².